The molecule has 2 aromatic rings. The Balaban J connectivity index is 1.88. The Kier molecular flexibility index (Phi) is 7.98. The highest BCUT2D eigenvalue weighted by Gasteiger charge is 2.29. The van der Waals surface area contributed by atoms with E-state index in [9.17, 15) is 13.2 Å². The number of sulfonamides is 1. The number of hydrogen-bond acceptors (Lipinski definition) is 6. The van der Waals surface area contributed by atoms with Crippen LogP contribution in [-0.4, -0.2) is 52.5 Å². The van der Waals surface area contributed by atoms with Crippen molar-refractivity contribution in [2.24, 2.45) is 0 Å². The molecule has 0 radical (unpaired) electrons. The maximum absolute atomic E-state index is 13.3. The van der Waals surface area contributed by atoms with Gasteiger partial charge in [-0.25, -0.2) is 8.42 Å². The minimum atomic E-state index is -3.79. The fraction of sp³-hybridized carbons (Fsp3) is 0.435. The highest BCUT2D eigenvalue weighted by atomic mass is 32.2. The first-order valence-corrected chi connectivity index (χ1v) is 12.1. The fourth-order valence-corrected chi connectivity index (χ4v) is 5.36. The minimum absolute atomic E-state index is 0.00109. The molecule has 0 aliphatic carbocycles. The number of hydrogen-bond donors (Lipinski definition) is 1. The second-order valence-corrected chi connectivity index (χ2v) is 9.34. The van der Waals surface area contributed by atoms with Crippen molar-refractivity contribution in [3.05, 3.63) is 42.0 Å². The molecule has 2 aromatic carbocycles. The molecule has 8 nitrogen and oxygen atoms in total. The van der Waals surface area contributed by atoms with E-state index in [2.05, 4.69) is 5.32 Å². The van der Waals surface area contributed by atoms with Gasteiger partial charge in [0.05, 0.1) is 20.8 Å². The van der Waals surface area contributed by atoms with Crippen molar-refractivity contribution < 1.29 is 27.4 Å². The molecule has 1 fully saturated rings. The number of amides is 1. The van der Waals surface area contributed by atoms with E-state index < -0.39 is 15.9 Å². The second-order valence-electron chi connectivity index (χ2n) is 7.44. The Morgan fingerprint density at radius 2 is 1.59 bits per heavy atom. The molecular formula is C23H30N2O6S. The van der Waals surface area contributed by atoms with Gasteiger partial charge in [0.15, 0.2) is 11.5 Å². The van der Waals surface area contributed by atoms with Gasteiger partial charge >= 0.3 is 0 Å². The molecule has 1 aliphatic heterocycles. The van der Waals surface area contributed by atoms with Crippen molar-refractivity contribution in [1.29, 1.82) is 0 Å². The summed E-state index contributed by atoms with van der Waals surface area (Å²) in [5.74, 6) is 0.840. The summed E-state index contributed by atoms with van der Waals surface area (Å²) in [5.41, 5.74) is 0.718. The van der Waals surface area contributed by atoms with Gasteiger partial charge in [0.2, 0.25) is 10.0 Å². The van der Waals surface area contributed by atoms with Crippen LogP contribution in [-0.2, 0) is 10.0 Å². The zero-order chi connectivity index (χ0) is 23.1. The summed E-state index contributed by atoms with van der Waals surface area (Å²) >= 11 is 0. The molecule has 1 saturated heterocycles. The quantitative estimate of drug-likeness (QED) is 0.639. The zero-order valence-corrected chi connectivity index (χ0v) is 19.5. The lowest BCUT2D eigenvalue weighted by Crippen LogP contribution is -2.32. The van der Waals surface area contributed by atoms with Crippen LogP contribution in [0.1, 0.15) is 43.0 Å². The summed E-state index contributed by atoms with van der Waals surface area (Å²) in [5, 5.41) is 2.78. The number of carbonyl (C=O) groups excluding carboxylic acids is 1. The van der Waals surface area contributed by atoms with Crippen LogP contribution in [0.25, 0.3) is 0 Å². The molecular weight excluding hydrogens is 432 g/mol. The van der Waals surface area contributed by atoms with E-state index in [-0.39, 0.29) is 16.2 Å². The normalized spacial score (nSPS) is 15.0. The molecule has 0 spiro atoms. The van der Waals surface area contributed by atoms with E-state index in [1.54, 1.807) is 24.3 Å². The predicted molar refractivity (Wildman–Crippen MR) is 122 cm³/mol. The van der Waals surface area contributed by atoms with Crippen LogP contribution >= 0.6 is 0 Å². The van der Waals surface area contributed by atoms with Crippen LogP contribution in [0.2, 0.25) is 0 Å². The Labute approximate surface area is 189 Å². The Bertz CT molecular complexity index is 1050. The summed E-state index contributed by atoms with van der Waals surface area (Å²) in [7, 11) is -0.848. The van der Waals surface area contributed by atoms with Gasteiger partial charge in [-0.3, -0.25) is 4.79 Å². The van der Waals surface area contributed by atoms with E-state index >= 15 is 0 Å². The molecule has 1 amide bonds. The third kappa shape index (κ3) is 5.34. The van der Waals surface area contributed by atoms with Crippen molar-refractivity contribution in [2.75, 3.05) is 39.2 Å². The fourth-order valence-electron chi connectivity index (χ4n) is 3.66. The van der Waals surface area contributed by atoms with Gasteiger partial charge in [0.1, 0.15) is 10.6 Å². The molecule has 1 heterocycles. The van der Waals surface area contributed by atoms with Crippen LogP contribution in [0.5, 0.6) is 17.2 Å². The molecule has 1 N–H and O–H groups in total. The highest BCUT2D eigenvalue weighted by molar-refractivity contribution is 7.89. The molecule has 0 bridgehead atoms. The molecule has 174 valence electrons. The van der Waals surface area contributed by atoms with Crippen LogP contribution < -0.4 is 19.5 Å². The Morgan fingerprint density at radius 1 is 0.938 bits per heavy atom. The van der Waals surface area contributed by atoms with Crippen LogP contribution in [0.4, 0.5) is 5.69 Å². The van der Waals surface area contributed by atoms with Gasteiger partial charge in [-0.15, -0.1) is 0 Å². The van der Waals surface area contributed by atoms with Crippen molar-refractivity contribution in [2.45, 2.75) is 37.5 Å². The van der Waals surface area contributed by atoms with E-state index in [4.69, 9.17) is 14.2 Å². The van der Waals surface area contributed by atoms with E-state index in [0.29, 0.717) is 36.9 Å². The molecule has 9 heteroatoms. The summed E-state index contributed by atoms with van der Waals surface area (Å²) in [6, 6.07) is 9.49. The van der Waals surface area contributed by atoms with Crippen molar-refractivity contribution in [3.8, 4) is 17.2 Å². The first-order valence-electron chi connectivity index (χ1n) is 10.7. The van der Waals surface area contributed by atoms with Gasteiger partial charge in [-0.05, 0) is 50.1 Å². The van der Waals surface area contributed by atoms with Gasteiger partial charge in [0.25, 0.3) is 5.91 Å². The summed E-state index contributed by atoms with van der Waals surface area (Å²) in [4.78, 5) is 12.9. The Morgan fingerprint density at radius 3 is 2.22 bits per heavy atom. The lowest BCUT2D eigenvalue weighted by molar-refractivity contribution is 0.102. The van der Waals surface area contributed by atoms with Crippen LogP contribution in [0.15, 0.2) is 41.3 Å². The van der Waals surface area contributed by atoms with Crippen molar-refractivity contribution in [1.82, 2.24) is 4.31 Å². The third-order valence-electron chi connectivity index (χ3n) is 5.33. The predicted octanol–water partition coefficient (Wildman–Crippen LogP) is 3.92. The molecule has 0 unspecified atom stereocenters. The van der Waals surface area contributed by atoms with Gasteiger partial charge < -0.3 is 19.5 Å². The van der Waals surface area contributed by atoms with Crippen LogP contribution in [0.3, 0.4) is 0 Å². The van der Waals surface area contributed by atoms with E-state index in [1.807, 2.05) is 6.92 Å². The zero-order valence-electron chi connectivity index (χ0n) is 18.7. The monoisotopic (exact) mass is 462 g/mol. The standard InChI is InChI=1S/C23H30N2O6S/c1-4-31-19-12-10-18(16-21(19)30-3)24-23(26)17-9-11-20(29-2)22(15-17)32(27,28)25-13-7-5-6-8-14-25/h9-12,15-16H,4-8,13-14H2,1-3H3,(H,24,26). The first kappa shape index (κ1) is 23.9. The topological polar surface area (TPSA) is 94.2 Å². The number of methoxy groups -OCH3 is 2. The number of rotatable bonds is 8. The maximum Gasteiger partial charge on any atom is 0.255 e. The number of anilines is 1. The molecule has 0 atom stereocenters. The summed E-state index contributed by atoms with van der Waals surface area (Å²) < 4.78 is 44.2. The van der Waals surface area contributed by atoms with E-state index in [1.165, 1.54) is 30.7 Å². The number of benzene rings is 2. The van der Waals surface area contributed by atoms with Crippen LogP contribution in [0, 0.1) is 0 Å². The lowest BCUT2D eigenvalue weighted by atomic mass is 10.2. The van der Waals surface area contributed by atoms with Crippen molar-refractivity contribution in [3.63, 3.8) is 0 Å². The van der Waals surface area contributed by atoms with Gasteiger partial charge in [-0.2, -0.15) is 4.31 Å². The molecule has 0 aromatic heterocycles. The smallest absolute Gasteiger partial charge is 0.255 e. The third-order valence-corrected chi connectivity index (χ3v) is 7.25. The highest BCUT2D eigenvalue weighted by Crippen LogP contribution is 2.32. The van der Waals surface area contributed by atoms with Crippen molar-refractivity contribution >= 4 is 21.6 Å². The number of carbonyl (C=O) groups is 1. The van der Waals surface area contributed by atoms with E-state index in [0.717, 1.165) is 25.7 Å². The summed E-state index contributed by atoms with van der Waals surface area (Å²) in [6.45, 7) is 3.29. The average molecular weight is 463 g/mol. The molecule has 1 aliphatic rings. The maximum atomic E-state index is 13.3. The average Bonchev–Trinajstić information content (AvgIpc) is 3.10. The second kappa shape index (κ2) is 10.7. The minimum Gasteiger partial charge on any atom is -0.495 e. The lowest BCUT2D eigenvalue weighted by Gasteiger charge is -2.21. The number of nitrogens with one attached hydrogen (secondary N) is 1. The SMILES string of the molecule is CCOc1ccc(NC(=O)c2ccc(OC)c(S(=O)(=O)N3CCCCCC3)c2)cc1OC. The molecule has 32 heavy (non-hydrogen) atoms. The summed E-state index contributed by atoms with van der Waals surface area (Å²) in [6.07, 6.45) is 3.66. The number of ether oxygens (including phenoxy) is 3. The molecule has 3 rings (SSSR count). The number of nitrogens with zero attached hydrogens (tertiary/aromatic N) is 1. The first-order chi connectivity index (χ1) is 15.4. The van der Waals surface area contributed by atoms with Gasteiger partial charge in [0, 0.05) is 30.4 Å². The largest absolute Gasteiger partial charge is 0.495 e. The van der Waals surface area contributed by atoms with Gasteiger partial charge in [-0.1, -0.05) is 12.8 Å². The molecule has 0 saturated carbocycles. The Hall–Kier alpha value is -2.78.